The third-order valence-electron chi connectivity index (χ3n) is 9.23. The molecule has 0 aromatic rings. The van der Waals surface area contributed by atoms with E-state index < -0.39 is 0 Å². The number of carbonyl (C=O) groups is 1. The molecule has 0 aromatic carbocycles. The molecule has 0 spiro atoms. The smallest absolute Gasteiger partial charge is 0.185 e. The van der Waals surface area contributed by atoms with Gasteiger partial charge in [-0.2, -0.15) is 0 Å². The Kier molecular flexibility index (Phi) is 7.09. The highest BCUT2D eigenvalue weighted by atomic mass is 16.5. The Balaban J connectivity index is 1.28. The number of ketones is 1. The molecule has 32 heavy (non-hydrogen) atoms. The zero-order chi connectivity index (χ0) is 22.8. The lowest BCUT2D eigenvalue weighted by molar-refractivity contribution is -0.132. The molecule has 4 aliphatic rings. The van der Waals surface area contributed by atoms with Crippen LogP contribution in [-0.4, -0.2) is 43.8 Å². The fraction of sp³-hybridized carbons (Fsp3) is 0.808. The van der Waals surface area contributed by atoms with Crippen LogP contribution >= 0.6 is 0 Å². The summed E-state index contributed by atoms with van der Waals surface area (Å²) in [5.74, 6) is 2.79. The minimum absolute atomic E-state index is 0.0191. The second-order valence-corrected chi connectivity index (χ2v) is 10.9. The number of fused-ring (bicyclic) bond motifs is 5. The van der Waals surface area contributed by atoms with Gasteiger partial charge in [-0.25, -0.2) is 0 Å². The van der Waals surface area contributed by atoms with Crippen molar-refractivity contribution in [1.82, 2.24) is 0 Å². The summed E-state index contributed by atoms with van der Waals surface area (Å²) in [4.78, 5) is 21.4. The Morgan fingerprint density at radius 3 is 2.62 bits per heavy atom. The van der Waals surface area contributed by atoms with Gasteiger partial charge in [-0.05, 0) is 87.0 Å². The highest BCUT2D eigenvalue weighted by Gasteiger charge is 2.58. The number of ether oxygens (including phenoxy) is 1. The Hall–Kier alpha value is -1.69. The lowest BCUT2D eigenvalue weighted by Gasteiger charge is -2.57. The van der Waals surface area contributed by atoms with Crippen LogP contribution in [0.4, 0.5) is 0 Å². The predicted octanol–water partition coefficient (Wildman–Crippen LogP) is 4.03. The quantitative estimate of drug-likeness (QED) is 0.336. The van der Waals surface area contributed by atoms with Crippen LogP contribution in [0.15, 0.2) is 21.6 Å². The van der Waals surface area contributed by atoms with Gasteiger partial charge in [0.2, 0.25) is 0 Å². The largest absolute Gasteiger partial charge is 0.380 e. The van der Waals surface area contributed by atoms with Crippen molar-refractivity contribution in [3.63, 3.8) is 0 Å². The van der Waals surface area contributed by atoms with E-state index in [1.165, 1.54) is 31.4 Å². The first-order chi connectivity index (χ1) is 15.3. The zero-order valence-electron chi connectivity index (χ0n) is 20.1. The number of allylic oxidation sites excluding steroid dienone is 2. The summed E-state index contributed by atoms with van der Waals surface area (Å²) in [6.45, 7) is 7.49. The van der Waals surface area contributed by atoms with Crippen LogP contribution in [0.1, 0.15) is 78.1 Å². The number of guanidine groups is 1. The second-order valence-electron chi connectivity index (χ2n) is 10.9. The number of unbranched alkanes of at least 4 members (excludes halogenated alkanes) is 1. The van der Waals surface area contributed by atoms with E-state index >= 15 is 0 Å². The topological polar surface area (TPSA) is 103 Å². The molecule has 6 heteroatoms. The van der Waals surface area contributed by atoms with E-state index in [9.17, 15) is 4.79 Å². The minimum atomic E-state index is -0.0191. The summed E-state index contributed by atoms with van der Waals surface area (Å²) in [7, 11) is 0. The summed E-state index contributed by atoms with van der Waals surface area (Å²) in [6, 6.07) is 0. The molecule has 5 atom stereocenters. The standard InChI is InChI=1S/C26H42N4O2/c1-25-11-9-19(29-13-3-4-15-32-16-14-30-24(27)28)17-18(25)5-6-20-21-7-8-23(31)26(21,2)12-10-22(20)25/h17,20-22H,3-16H2,1-2H3,(H4,27,28,30). The van der Waals surface area contributed by atoms with E-state index in [0.717, 1.165) is 63.5 Å². The van der Waals surface area contributed by atoms with Crippen molar-refractivity contribution in [3.8, 4) is 0 Å². The van der Waals surface area contributed by atoms with E-state index in [4.69, 9.17) is 21.2 Å². The van der Waals surface area contributed by atoms with Crippen LogP contribution in [0.5, 0.6) is 0 Å². The molecule has 4 N–H and O–H groups in total. The minimum Gasteiger partial charge on any atom is -0.380 e. The van der Waals surface area contributed by atoms with Crippen molar-refractivity contribution in [3.05, 3.63) is 11.6 Å². The molecule has 4 rings (SSSR count). The van der Waals surface area contributed by atoms with Crippen molar-refractivity contribution in [2.24, 2.45) is 50.0 Å². The lowest BCUT2D eigenvalue weighted by atomic mass is 9.47. The molecule has 0 bridgehead atoms. The molecule has 0 radical (unpaired) electrons. The van der Waals surface area contributed by atoms with Gasteiger partial charge in [-0.15, -0.1) is 0 Å². The van der Waals surface area contributed by atoms with Gasteiger partial charge in [0.05, 0.1) is 13.2 Å². The molecule has 178 valence electrons. The first-order valence-corrected chi connectivity index (χ1v) is 12.8. The van der Waals surface area contributed by atoms with Gasteiger partial charge in [0, 0.05) is 30.7 Å². The van der Waals surface area contributed by atoms with Gasteiger partial charge < -0.3 is 16.2 Å². The Bertz CT molecular complexity index is 800. The average molecular weight is 443 g/mol. The third kappa shape index (κ3) is 4.52. The molecule has 0 aliphatic heterocycles. The molecule has 6 nitrogen and oxygen atoms in total. The van der Waals surface area contributed by atoms with E-state index in [0.29, 0.717) is 30.3 Å². The van der Waals surface area contributed by atoms with Crippen molar-refractivity contribution >= 4 is 17.5 Å². The summed E-state index contributed by atoms with van der Waals surface area (Å²) in [6.07, 6.45) is 13.6. The molecular weight excluding hydrogens is 400 g/mol. The summed E-state index contributed by atoms with van der Waals surface area (Å²) in [5, 5.41) is 0. The Morgan fingerprint density at radius 1 is 1.00 bits per heavy atom. The fourth-order valence-corrected chi connectivity index (χ4v) is 7.35. The maximum Gasteiger partial charge on any atom is 0.185 e. The van der Waals surface area contributed by atoms with Gasteiger partial charge in [0.15, 0.2) is 5.96 Å². The highest BCUT2D eigenvalue weighted by molar-refractivity contribution is 5.96. The summed E-state index contributed by atoms with van der Waals surface area (Å²) in [5.41, 5.74) is 13.8. The molecule has 0 saturated heterocycles. The Labute approximate surface area is 193 Å². The van der Waals surface area contributed by atoms with Crippen molar-refractivity contribution in [1.29, 1.82) is 0 Å². The SMILES string of the molecule is CC12CCC3C(CCC4=CC(=NCCCCOCCN=C(N)N)CCC43C)C1CCC2=O. The van der Waals surface area contributed by atoms with Gasteiger partial charge in [-0.1, -0.05) is 19.4 Å². The Morgan fingerprint density at radius 2 is 1.81 bits per heavy atom. The first kappa shape index (κ1) is 23.5. The van der Waals surface area contributed by atoms with Crippen LogP contribution in [0, 0.1) is 28.6 Å². The van der Waals surface area contributed by atoms with Crippen LogP contribution in [0.25, 0.3) is 0 Å². The second kappa shape index (κ2) is 9.66. The van der Waals surface area contributed by atoms with E-state index in [1.54, 1.807) is 5.57 Å². The maximum atomic E-state index is 12.6. The van der Waals surface area contributed by atoms with Crippen molar-refractivity contribution in [2.45, 2.75) is 78.1 Å². The van der Waals surface area contributed by atoms with E-state index in [-0.39, 0.29) is 11.4 Å². The third-order valence-corrected chi connectivity index (χ3v) is 9.23. The van der Waals surface area contributed by atoms with Gasteiger partial charge >= 0.3 is 0 Å². The van der Waals surface area contributed by atoms with Crippen LogP contribution in [0.2, 0.25) is 0 Å². The van der Waals surface area contributed by atoms with Crippen LogP contribution in [0.3, 0.4) is 0 Å². The highest BCUT2D eigenvalue weighted by Crippen LogP contribution is 2.64. The molecule has 4 aliphatic carbocycles. The molecule has 3 fully saturated rings. The lowest BCUT2D eigenvalue weighted by Crippen LogP contribution is -2.50. The summed E-state index contributed by atoms with van der Waals surface area (Å²) >= 11 is 0. The summed E-state index contributed by atoms with van der Waals surface area (Å²) < 4.78 is 5.55. The van der Waals surface area contributed by atoms with Crippen LogP contribution in [-0.2, 0) is 9.53 Å². The molecule has 0 heterocycles. The van der Waals surface area contributed by atoms with Crippen LogP contribution < -0.4 is 11.5 Å². The molecule has 5 unspecified atom stereocenters. The molecule has 0 aromatic heterocycles. The number of carbonyl (C=O) groups excluding carboxylic acids is 1. The fourth-order valence-electron chi connectivity index (χ4n) is 7.35. The monoisotopic (exact) mass is 442 g/mol. The first-order valence-electron chi connectivity index (χ1n) is 12.8. The van der Waals surface area contributed by atoms with Gasteiger partial charge in [0.25, 0.3) is 0 Å². The normalized spacial score (nSPS) is 37.4. The van der Waals surface area contributed by atoms with E-state index in [2.05, 4.69) is 24.9 Å². The van der Waals surface area contributed by atoms with Crippen molar-refractivity contribution < 1.29 is 9.53 Å². The van der Waals surface area contributed by atoms with E-state index in [1.807, 2.05) is 0 Å². The number of hydrogen-bond donors (Lipinski definition) is 2. The molecule has 3 saturated carbocycles. The molecule has 0 amide bonds. The number of Topliss-reactive ketones (excluding diaryl/α,β-unsaturated/α-hetero) is 1. The number of nitrogens with zero attached hydrogens (tertiary/aromatic N) is 2. The van der Waals surface area contributed by atoms with Gasteiger partial charge in [-0.3, -0.25) is 14.8 Å². The average Bonchev–Trinajstić information content (AvgIpc) is 3.07. The number of hydrogen-bond acceptors (Lipinski definition) is 4. The number of nitrogens with two attached hydrogens (primary N) is 2. The number of aliphatic imine (C=N–C) groups is 2. The maximum absolute atomic E-state index is 12.6. The zero-order valence-corrected chi connectivity index (χ0v) is 20.1. The van der Waals surface area contributed by atoms with Crippen molar-refractivity contribution in [2.75, 3.05) is 26.3 Å². The predicted molar refractivity (Wildman–Crippen MR) is 130 cm³/mol. The van der Waals surface area contributed by atoms with Gasteiger partial charge in [0.1, 0.15) is 5.78 Å². The molecular formula is C26H42N4O2. The number of rotatable bonds is 8.